The number of carbonyl (C=O) groups is 2. The topological polar surface area (TPSA) is 116 Å². The van der Waals surface area contributed by atoms with E-state index in [1.807, 2.05) is 0 Å². The van der Waals surface area contributed by atoms with Gasteiger partial charge in [0.25, 0.3) is 0 Å². The number of primary amides is 1. The molecule has 1 rings (SSSR count). The van der Waals surface area contributed by atoms with Gasteiger partial charge in [0.05, 0.1) is 11.9 Å². The molecule has 0 aliphatic carbocycles. The molecular weight excluding hydrogens is 210 g/mol. The first-order chi connectivity index (χ1) is 7.52. The van der Waals surface area contributed by atoms with E-state index in [1.165, 1.54) is 17.1 Å². The second-order valence-electron chi connectivity index (χ2n) is 3.52. The van der Waals surface area contributed by atoms with Crippen LogP contribution in [-0.4, -0.2) is 28.1 Å². The summed E-state index contributed by atoms with van der Waals surface area (Å²) in [7, 11) is 0. The van der Waals surface area contributed by atoms with Crippen LogP contribution in [-0.2, 0) is 16.1 Å². The summed E-state index contributed by atoms with van der Waals surface area (Å²) < 4.78 is 1.35. The lowest BCUT2D eigenvalue weighted by molar-refractivity contribution is -0.119. The highest BCUT2D eigenvalue weighted by molar-refractivity contribution is 5.92. The molecule has 1 atom stereocenters. The summed E-state index contributed by atoms with van der Waals surface area (Å²) in [6.07, 6.45) is 2.98. The normalized spacial score (nSPS) is 12.1. The van der Waals surface area contributed by atoms with Crippen molar-refractivity contribution in [3.63, 3.8) is 0 Å². The van der Waals surface area contributed by atoms with Crippen LogP contribution in [0.5, 0.6) is 0 Å². The van der Waals surface area contributed by atoms with Crippen molar-refractivity contribution in [3.05, 3.63) is 12.4 Å². The minimum Gasteiger partial charge on any atom is -0.368 e. The highest BCUT2D eigenvalue weighted by Crippen LogP contribution is 2.06. The molecular formula is C9H15N5O2. The molecule has 5 N–H and O–H groups in total. The van der Waals surface area contributed by atoms with E-state index < -0.39 is 5.91 Å². The fraction of sp³-hybridized carbons (Fsp3) is 0.444. The van der Waals surface area contributed by atoms with Gasteiger partial charge in [-0.1, -0.05) is 6.92 Å². The van der Waals surface area contributed by atoms with E-state index in [-0.39, 0.29) is 24.9 Å². The van der Waals surface area contributed by atoms with Crippen molar-refractivity contribution in [2.75, 3.05) is 11.9 Å². The molecule has 1 aromatic heterocycles. The van der Waals surface area contributed by atoms with E-state index in [1.54, 1.807) is 6.92 Å². The zero-order valence-electron chi connectivity index (χ0n) is 9.01. The number of amides is 2. The summed E-state index contributed by atoms with van der Waals surface area (Å²) in [4.78, 5) is 22.1. The van der Waals surface area contributed by atoms with Crippen LogP contribution in [0.4, 0.5) is 5.69 Å². The lowest BCUT2D eigenvalue weighted by Crippen LogP contribution is -2.26. The standard InChI is InChI=1S/C9H15N5O2/c1-6(2-10)9(16)13-7-3-12-14(4-7)5-8(11)15/h3-4,6H,2,5,10H2,1H3,(H2,11,15)(H,13,16). The number of rotatable bonds is 5. The second kappa shape index (κ2) is 5.26. The van der Waals surface area contributed by atoms with Crippen molar-refractivity contribution in [1.29, 1.82) is 0 Å². The predicted molar refractivity (Wildman–Crippen MR) is 58.3 cm³/mol. The Balaban J connectivity index is 2.58. The third-order valence-corrected chi connectivity index (χ3v) is 2.02. The maximum absolute atomic E-state index is 11.5. The number of nitrogens with zero attached hydrogens (tertiary/aromatic N) is 2. The van der Waals surface area contributed by atoms with E-state index in [2.05, 4.69) is 10.4 Å². The molecule has 0 spiro atoms. The number of nitrogens with one attached hydrogen (secondary N) is 1. The zero-order chi connectivity index (χ0) is 12.1. The third kappa shape index (κ3) is 3.35. The van der Waals surface area contributed by atoms with Gasteiger partial charge >= 0.3 is 0 Å². The lowest BCUT2D eigenvalue weighted by atomic mass is 10.2. The van der Waals surface area contributed by atoms with Gasteiger partial charge in [0.1, 0.15) is 6.54 Å². The monoisotopic (exact) mass is 225 g/mol. The van der Waals surface area contributed by atoms with E-state index in [0.717, 1.165) is 0 Å². The molecule has 1 unspecified atom stereocenters. The van der Waals surface area contributed by atoms with Gasteiger partial charge in [0.15, 0.2) is 0 Å². The van der Waals surface area contributed by atoms with Gasteiger partial charge in [-0.3, -0.25) is 14.3 Å². The summed E-state index contributed by atoms with van der Waals surface area (Å²) in [6.45, 7) is 1.99. The van der Waals surface area contributed by atoms with Gasteiger partial charge in [-0.25, -0.2) is 0 Å². The Morgan fingerprint density at radius 3 is 2.88 bits per heavy atom. The third-order valence-electron chi connectivity index (χ3n) is 2.02. The van der Waals surface area contributed by atoms with Gasteiger partial charge < -0.3 is 16.8 Å². The van der Waals surface area contributed by atoms with Crippen LogP contribution in [0.2, 0.25) is 0 Å². The highest BCUT2D eigenvalue weighted by Gasteiger charge is 2.11. The molecule has 0 aromatic carbocycles. The number of anilines is 1. The quantitative estimate of drug-likeness (QED) is 0.589. The summed E-state index contributed by atoms with van der Waals surface area (Å²) in [5.41, 5.74) is 10.9. The maximum atomic E-state index is 11.5. The Morgan fingerprint density at radius 2 is 2.31 bits per heavy atom. The van der Waals surface area contributed by atoms with Gasteiger partial charge in [-0.05, 0) is 0 Å². The average molecular weight is 225 g/mol. The van der Waals surface area contributed by atoms with Crippen molar-refractivity contribution in [2.45, 2.75) is 13.5 Å². The van der Waals surface area contributed by atoms with Gasteiger partial charge in [-0.15, -0.1) is 0 Å². The first kappa shape index (κ1) is 12.2. The molecule has 0 radical (unpaired) electrons. The smallest absolute Gasteiger partial charge is 0.239 e. The van der Waals surface area contributed by atoms with Crippen LogP contribution < -0.4 is 16.8 Å². The van der Waals surface area contributed by atoms with Gasteiger partial charge in [0, 0.05) is 18.7 Å². The van der Waals surface area contributed by atoms with E-state index in [4.69, 9.17) is 11.5 Å². The molecule has 0 aliphatic heterocycles. The lowest BCUT2D eigenvalue weighted by Gasteiger charge is -2.07. The van der Waals surface area contributed by atoms with Crippen LogP contribution in [0.15, 0.2) is 12.4 Å². The van der Waals surface area contributed by atoms with Crippen LogP contribution >= 0.6 is 0 Å². The minimum atomic E-state index is -0.490. The van der Waals surface area contributed by atoms with Crippen molar-refractivity contribution >= 4 is 17.5 Å². The van der Waals surface area contributed by atoms with Crippen LogP contribution in [0.1, 0.15) is 6.92 Å². The maximum Gasteiger partial charge on any atom is 0.239 e. The molecule has 88 valence electrons. The average Bonchev–Trinajstić information content (AvgIpc) is 2.63. The molecule has 1 heterocycles. The van der Waals surface area contributed by atoms with E-state index in [9.17, 15) is 9.59 Å². The molecule has 16 heavy (non-hydrogen) atoms. The first-order valence-electron chi connectivity index (χ1n) is 4.84. The zero-order valence-corrected chi connectivity index (χ0v) is 9.01. The molecule has 0 aliphatic rings. The predicted octanol–water partition coefficient (Wildman–Crippen LogP) is -1.10. The Labute approximate surface area is 92.8 Å². The van der Waals surface area contributed by atoms with Crippen molar-refractivity contribution < 1.29 is 9.59 Å². The fourth-order valence-corrected chi connectivity index (χ4v) is 1.05. The SMILES string of the molecule is CC(CN)C(=O)Nc1cnn(CC(N)=O)c1. The Kier molecular flexibility index (Phi) is 4.01. The Bertz CT molecular complexity index is 387. The van der Waals surface area contributed by atoms with Crippen LogP contribution in [0.25, 0.3) is 0 Å². The minimum absolute atomic E-state index is 0.0116. The number of aromatic nitrogens is 2. The molecule has 2 amide bonds. The van der Waals surface area contributed by atoms with Gasteiger partial charge in [-0.2, -0.15) is 5.10 Å². The molecule has 0 bridgehead atoms. The number of nitrogens with two attached hydrogens (primary N) is 2. The number of carbonyl (C=O) groups excluding carboxylic acids is 2. The summed E-state index contributed by atoms with van der Waals surface area (Å²) in [6, 6.07) is 0. The van der Waals surface area contributed by atoms with E-state index >= 15 is 0 Å². The molecule has 1 aromatic rings. The Hall–Kier alpha value is -1.89. The van der Waals surface area contributed by atoms with Gasteiger partial charge in [0.2, 0.25) is 11.8 Å². The summed E-state index contributed by atoms with van der Waals surface area (Å²) in [5, 5.41) is 6.50. The van der Waals surface area contributed by atoms with E-state index in [0.29, 0.717) is 5.69 Å². The van der Waals surface area contributed by atoms with Crippen LogP contribution in [0.3, 0.4) is 0 Å². The molecule has 7 nitrogen and oxygen atoms in total. The summed E-state index contributed by atoms with van der Waals surface area (Å²) in [5.74, 6) is -0.933. The molecule has 0 saturated carbocycles. The van der Waals surface area contributed by atoms with Crippen LogP contribution in [0, 0.1) is 5.92 Å². The second-order valence-corrected chi connectivity index (χ2v) is 3.52. The summed E-state index contributed by atoms with van der Waals surface area (Å²) >= 11 is 0. The van der Waals surface area contributed by atoms with Crippen molar-refractivity contribution in [2.24, 2.45) is 17.4 Å². The highest BCUT2D eigenvalue weighted by atomic mass is 16.2. The van der Waals surface area contributed by atoms with Crippen molar-refractivity contribution in [1.82, 2.24) is 9.78 Å². The first-order valence-corrected chi connectivity index (χ1v) is 4.84. The fourth-order valence-electron chi connectivity index (χ4n) is 1.05. The Morgan fingerprint density at radius 1 is 1.62 bits per heavy atom. The number of hydrogen-bond acceptors (Lipinski definition) is 4. The van der Waals surface area contributed by atoms with Crippen molar-refractivity contribution in [3.8, 4) is 0 Å². The largest absolute Gasteiger partial charge is 0.368 e. The molecule has 7 heteroatoms. The number of hydrogen-bond donors (Lipinski definition) is 3. The molecule has 0 saturated heterocycles. The molecule has 0 fully saturated rings.